The van der Waals surface area contributed by atoms with Gasteiger partial charge in [-0.1, -0.05) is 18.2 Å². The molecule has 0 spiro atoms. The molecule has 0 saturated heterocycles. The van der Waals surface area contributed by atoms with E-state index in [9.17, 15) is 4.79 Å². The number of ether oxygens (including phenoxy) is 1. The summed E-state index contributed by atoms with van der Waals surface area (Å²) in [5, 5.41) is 9.82. The summed E-state index contributed by atoms with van der Waals surface area (Å²) in [6, 6.07) is 7.63. The molecule has 1 aromatic carbocycles. The van der Waals surface area contributed by atoms with Crippen LogP contribution in [0.2, 0.25) is 0 Å². The monoisotopic (exact) mass is 286 g/mol. The zero-order chi connectivity index (χ0) is 14.7. The number of carbonyl (C=O) groups is 1. The van der Waals surface area contributed by atoms with Crippen molar-refractivity contribution in [2.24, 2.45) is 0 Å². The van der Waals surface area contributed by atoms with E-state index in [1.807, 2.05) is 31.2 Å². The Hall–Kier alpha value is -2.50. The summed E-state index contributed by atoms with van der Waals surface area (Å²) in [7, 11) is 0. The molecule has 110 valence electrons. The van der Waals surface area contributed by atoms with Crippen LogP contribution in [0, 0.1) is 0 Å². The van der Waals surface area contributed by atoms with Crippen molar-refractivity contribution in [2.45, 2.75) is 25.9 Å². The molecule has 2 amide bonds. The van der Waals surface area contributed by atoms with Gasteiger partial charge in [-0.2, -0.15) is 5.10 Å². The Bertz CT molecular complexity index is 638. The number of aromatic nitrogens is 2. The first kappa shape index (κ1) is 13.5. The number of hydrogen-bond acceptors (Lipinski definition) is 3. The van der Waals surface area contributed by atoms with Crippen LogP contribution in [0.4, 0.5) is 10.5 Å². The lowest BCUT2D eigenvalue weighted by Crippen LogP contribution is -2.44. The number of amides is 2. The summed E-state index contributed by atoms with van der Waals surface area (Å²) in [5.41, 5.74) is 1.80. The summed E-state index contributed by atoms with van der Waals surface area (Å²) >= 11 is 0. The van der Waals surface area contributed by atoms with Crippen molar-refractivity contribution in [1.82, 2.24) is 15.1 Å². The largest absolute Gasteiger partial charge is 0.491 e. The molecule has 6 heteroatoms. The number of urea groups is 1. The highest BCUT2D eigenvalue weighted by molar-refractivity contribution is 5.89. The van der Waals surface area contributed by atoms with Crippen LogP contribution in [0.5, 0.6) is 5.75 Å². The molecule has 0 radical (unpaired) electrons. The van der Waals surface area contributed by atoms with Gasteiger partial charge in [-0.15, -0.1) is 0 Å². The van der Waals surface area contributed by atoms with Crippen molar-refractivity contribution in [1.29, 1.82) is 0 Å². The summed E-state index contributed by atoms with van der Waals surface area (Å²) < 4.78 is 7.41. The predicted octanol–water partition coefficient (Wildman–Crippen LogP) is 2.03. The number of carbonyl (C=O) groups excluding carboxylic acids is 1. The van der Waals surface area contributed by atoms with Crippen LogP contribution in [0.25, 0.3) is 0 Å². The van der Waals surface area contributed by atoms with Gasteiger partial charge in [-0.05, 0) is 25.0 Å². The van der Waals surface area contributed by atoms with E-state index in [1.54, 1.807) is 17.1 Å². The first-order valence-electron chi connectivity index (χ1n) is 7.05. The van der Waals surface area contributed by atoms with E-state index in [0.717, 1.165) is 24.3 Å². The zero-order valence-corrected chi connectivity index (χ0v) is 11.9. The van der Waals surface area contributed by atoms with Crippen molar-refractivity contribution in [2.75, 3.05) is 11.9 Å². The number of nitrogens with one attached hydrogen (secondary N) is 2. The zero-order valence-electron chi connectivity index (χ0n) is 11.9. The minimum Gasteiger partial charge on any atom is -0.491 e. The summed E-state index contributed by atoms with van der Waals surface area (Å²) in [4.78, 5) is 12.0. The van der Waals surface area contributed by atoms with Gasteiger partial charge in [0, 0.05) is 12.7 Å². The fourth-order valence-corrected chi connectivity index (χ4v) is 2.37. The van der Waals surface area contributed by atoms with Crippen LogP contribution in [0.1, 0.15) is 12.5 Å². The highest BCUT2D eigenvalue weighted by Gasteiger charge is 2.21. The second kappa shape index (κ2) is 5.87. The van der Waals surface area contributed by atoms with Gasteiger partial charge >= 0.3 is 6.03 Å². The molecule has 2 aromatic rings. The number of para-hydroxylation sites is 1. The molecule has 1 aliphatic heterocycles. The minimum atomic E-state index is -0.237. The summed E-state index contributed by atoms with van der Waals surface area (Å²) in [6.45, 7) is 3.25. The van der Waals surface area contributed by atoms with E-state index in [1.165, 1.54) is 0 Å². The Kier molecular flexibility index (Phi) is 3.77. The molecular formula is C15H18N4O2. The Labute approximate surface area is 123 Å². The minimum absolute atomic E-state index is 0.0267. The molecule has 0 saturated carbocycles. The van der Waals surface area contributed by atoms with Crippen LogP contribution in [0.3, 0.4) is 0 Å². The lowest BCUT2D eigenvalue weighted by Gasteiger charge is -2.25. The smallest absolute Gasteiger partial charge is 0.319 e. The van der Waals surface area contributed by atoms with Crippen LogP contribution >= 0.6 is 0 Å². The first-order chi connectivity index (χ1) is 10.2. The third-order valence-electron chi connectivity index (χ3n) is 3.43. The normalized spacial score (nSPS) is 16.7. The number of nitrogens with zero attached hydrogens (tertiary/aromatic N) is 2. The third-order valence-corrected chi connectivity index (χ3v) is 3.43. The Morgan fingerprint density at radius 2 is 2.33 bits per heavy atom. The van der Waals surface area contributed by atoms with Gasteiger partial charge in [0.25, 0.3) is 0 Å². The maximum Gasteiger partial charge on any atom is 0.319 e. The van der Waals surface area contributed by atoms with Crippen molar-refractivity contribution >= 4 is 11.7 Å². The SMILES string of the molecule is CCn1cc(NC(=O)NC2COc3ccccc3C2)cn1. The summed E-state index contributed by atoms with van der Waals surface area (Å²) in [6.07, 6.45) is 4.21. The molecule has 0 aliphatic carbocycles. The summed E-state index contributed by atoms with van der Waals surface area (Å²) in [5.74, 6) is 0.903. The molecule has 21 heavy (non-hydrogen) atoms. The van der Waals surface area contributed by atoms with E-state index in [0.29, 0.717) is 12.3 Å². The topological polar surface area (TPSA) is 68.2 Å². The fraction of sp³-hybridized carbons (Fsp3) is 0.333. The average molecular weight is 286 g/mol. The third kappa shape index (κ3) is 3.16. The second-order valence-corrected chi connectivity index (χ2v) is 5.00. The number of aryl methyl sites for hydroxylation is 1. The van der Waals surface area contributed by atoms with Gasteiger partial charge < -0.3 is 15.4 Å². The molecule has 2 heterocycles. The van der Waals surface area contributed by atoms with Crippen LogP contribution in [0.15, 0.2) is 36.7 Å². The molecule has 0 bridgehead atoms. The van der Waals surface area contributed by atoms with Crippen molar-refractivity contribution in [3.05, 3.63) is 42.2 Å². The van der Waals surface area contributed by atoms with Crippen LogP contribution < -0.4 is 15.4 Å². The van der Waals surface area contributed by atoms with E-state index in [2.05, 4.69) is 15.7 Å². The van der Waals surface area contributed by atoms with E-state index in [-0.39, 0.29) is 12.1 Å². The second-order valence-electron chi connectivity index (χ2n) is 5.00. The highest BCUT2D eigenvalue weighted by Crippen LogP contribution is 2.23. The van der Waals surface area contributed by atoms with Gasteiger partial charge in [0.15, 0.2) is 0 Å². The maximum atomic E-state index is 12.0. The Morgan fingerprint density at radius 3 is 3.14 bits per heavy atom. The predicted molar refractivity (Wildman–Crippen MR) is 79.5 cm³/mol. The van der Waals surface area contributed by atoms with E-state index >= 15 is 0 Å². The molecule has 1 unspecified atom stereocenters. The number of anilines is 1. The van der Waals surface area contributed by atoms with Crippen molar-refractivity contribution < 1.29 is 9.53 Å². The molecule has 1 atom stereocenters. The molecule has 6 nitrogen and oxygen atoms in total. The van der Waals surface area contributed by atoms with Crippen molar-refractivity contribution in [3.63, 3.8) is 0 Å². The standard InChI is InChI=1S/C15H18N4O2/c1-2-19-9-13(8-16-19)18-15(20)17-12-7-11-5-3-4-6-14(11)21-10-12/h3-6,8-9,12H,2,7,10H2,1H3,(H2,17,18,20). The average Bonchev–Trinajstić information content (AvgIpc) is 2.94. The van der Waals surface area contributed by atoms with E-state index in [4.69, 9.17) is 4.74 Å². The highest BCUT2D eigenvalue weighted by atomic mass is 16.5. The molecule has 0 fully saturated rings. The number of benzene rings is 1. The number of rotatable bonds is 3. The first-order valence-corrected chi connectivity index (χ1v) is 7.05. The maximum absolute atomic E-state index is 12.0. The van der Waals surface area contributed by atoms with Gasteiger partial charge in [-0.3, -0.25) is 4.68 Å². The molecule has 1 aliphatic rings. The lowest BCUT2D eigenvalue weighted by molar-refractivity contribution is 0.222. The molecular weight excluding hydrogens is 268 g/mol. The van der Waals surface area contributed by atoms with Crippen LogP contribution in [-0.2, 0) is 13.0 Å². The van der Waals surface area contributed by atoms with Gasteiger partial charge in [0.2, 0.25) is 0 Å². The quantitative estimate of drug-likeness (QED) is 0.907. The fourth-order valence-electron chi connectivity index (χ4n) is 2.37. The van der Waals surface area contributed by atoms with Crippen molar-refractivity contribution in [3.8, 4) is 5.75 Å². The van der Waals surface area contributed by atoms with Crippen LogP contribution in [-0.4, -0.2) is 28.5 Å². The van der Waals surface area contributed by atoms with Gasteiger partial charge in [-0.25, -0.2) is 4.79 Å². The molecule has 2 N–H and O–H groups in total. The number of fused-ring (bicyclic) bond motifs is 1. The van der Waals surface area contributed by atoms with Gasteiger partial charge in [0.1, 0.15) is 12.4 Å². The van der Waals surface area contributed by atoms with E-state index < -0.39 is 0 Å². The Balaban J connectivity index is 1.56. The van der Waals surface area contributed by atoms with Gasteiger partial charge in [0.05, 0.1) is 17.9 Å². The molecule has 3 rings (SSSR count). The lowest BCUT2D eigenvalue weighted by atomic mass is 10.0. The Morgan fingerprint density at radius 1 is 1.48 bits per heavy atom. The molecule has 1 aromatic heterocycles. The number of hydrogen-bond donors (Lipinski definition) is 2.